The summed E-state index contributed by atoms with van der Waals surface area (Å²) in [6, 6.07) is 8.23. The fourth-order valence-corrected chi connectivity index (χ4v) is 2.55. The maximum atomic E-state index is 5.48. The highest BCUT2D eigenvalue weighted by molar-refractivity contribution is 9.10. The molecule has 0 spiro atoms. The number of aryl methyl sites for hydroxylation is 1. The van der Waals surface area contributed by atoms with Crippen LogP contribution in [-0.4, -0.2) is 11.5 Å². The number of thiazole rings is 1. The molecule has 0 fully saturated rings. The van der Waals surface area contributed by atoms with Gasteiger partial charge in [0.2, 0.25) is 0 Å². The summed E-state index contributed by atoms with van der Waals surface area (Å²) in [5.41, 5.74) is 7.80. The Morgan fingerprint density at radius 3 is 2.69 bits per heavy atom. The Morgan fingerprint density at radius 2 is 2.00 bits per heavy atom. The summed E-state index contributed by atoms with van der Waals surface area (Å²) in [5.74, 6) is 0. The number of benzene rings is 1. The van der Waals surface area contributed by atoms with Crippen LogP contribution in [0.25, 0.3) is 10.6 Å². The number of aromatic nitrogens is 1. The van der Waals surface area contributed by atoms with E-state index in [9.17, 15) is 0 Å². The van der Waals surface area contributed by atoms with E-state index in [1.807, 2.05) is 12.1 Å². The first-order valence-corrected chi connectivity index (χ1v) is 6.87. The molecule has 0 bridgehead atoms. The lowest BCUT2D eigenvalue weighted by Crippen LogP contribution is -2.00. The number of nitrogens with two attached hydrogens (primary N) is 1. The third-order valence-corrected chi connectivity index (χ3v) is 3.75. The van der Waals surface area contributed by atoms with Gasteiger partial charge >= 0.3 is 0 Å². The van der Waals surface area contributed by atoms with E-state index in [1.165, 1.54) is 5.56 Å². The lowest BCUT2D eigenvalue weighted by Gasteiger charge is -1.96. The van der Waals surface area contributed by atoms with E-state index in [0.29, 0.717) is 0 Å². The molecule has 0 amide bonds. The standard InChI is InChI=1S/C12H13BrN2S/c13-10-5-3-9(4-6-10)12-15-11(8-16-12)2-1-7-14/h3-6,8H,1-2,7,14H2. The normalized spacial score (nSPS) is 10.6. The van der Waals surface area contributed by atoms with Gasteiger partial charge in [0, 0.05) is 15.4 Å². The van der Waals surface area contributed by atoms with Gasteiger partial charge < -0.3 is 5.73 Å². The molecule has 84 valence electrons. The quantitative estimate of drug-likeness (QED) is 0.938. The molecule has 0 saturated carbocycles. The SMILES string of the molecule is NCCCc1csc(-c2ccc(Br)cc2)n1. The molecular weight excluding hydrogens is 284 g/mol. The predicted molar refractivity (Wildman–Crippen MR) is 72.6 cm³/mol. The average molecular weight is 297 g/mol. The van der Waals surface area contributed by atoms with Crippen molar-refractivity contribution in [1.29, 1.82) is 0 Å². The van der Waals surface area contributed by atoms with Gasteiger partial charge in [0.1, 0.15) is 5.01 Å². The number of nitrogens with zero attached hydrogens (tertiary/aromatic N) is 1. The van der Waals surface area contributed by atoms with E-state index in [0.717, 1.165) is 34.6 Å². The molecule has 2 N–H and O–H groups in total. The van der Waals surface area contributed by atoms with Crippen LogP contribution in [0.1, 0.15) is 12.1 Å². The largest absolute Gasteiger partial charge is 0.330 e. The van der Waals surface area contributed by atoms with Gasteiger partial charge in [-0.1, -0.05) is 28.1 Å². The molecule has 0 unspecified atom stereocenters. The highest BCUT2D eigenvalue weighted by Gasteiger charge is 2.04. The minimum absolute atomic E-state index is 0.727. The van der Waals surface area contributed by atoms with Gasteiger partial charge in [0.25, 0.3) is 0 Å². The molecular formula is C12H13BrN2S. The van der Waals surface area contributed by atoms with E-state index in [1.54, 1.807) is 11.3 Å². The maximum Gasteiger partial charge on any atom is 0.123 e. The van der Waals surface area contributed by atoms with Gasteiger partial charge in [0.15, 0.2) is 0 Å². The van der Waals surface area contributed by atoms with Crippen molar-refractivity contribution in [3.8, 4) is 10.6 Å². The monoisotopic (exact) mass is 296 g/mol. The van der Waals surface area contributed by atoms with Gasteiger partial charge in [-0.3, -0.25) is 0 Å². The summed E-state index contributed by atoms with van der Waals surface area (Å²) in [6.07, 6.45) is 1.98. The van der Waals surface area contributed by atoms with Gasteiger partial charge in [-0.2, -0.15) is 0 Å². The Morgan fingerprint density at radius 1 is 1.25 bits per heavy atom. The molecule has 4 heteroatoms. The fraction of sp³-hybridized carbons (Fsp3) is 0.250. The first kappa shape index (κ1) is 11.8. The van der Waals surface area contributed by atoms with Crippen molar-refractivity contribution in [3.63, 3.8) is 0 Å². The van der Waals surface area contributed by atoms with Crippen LogP contribution < -0.4 is 5.73 Å². The van der Waals surface area contributed by atoms with Crippen LogP contribution in [0.2, 0.25) is 0 Å². The zero-order valence-electron chi connectivity index (χ0n) is 8.82. The van der Waals surface area contributed by atoms with Crippen molar-refractivity contribution < 1.29 is 0 Å². The van der Waals surface area contributed by atoms with Crippen molar-refractivity contribution in [1.82, 2.24) is 4.98 Å². The Kier molecular flexibility index (Phi) is 4.09. The summed E-state index contributed by atoms with van der Waals surface area (Å²) in [7, 11) is 0. The van der Waals surface area contributed by atoms with Crippen LogP contribution in [0.15, 0.2) is 34.1 Å². The number of hydrogen-bond acceptors (Lipinski definition) is 3. The molecule has 2 aromatic rings. The highest BCUT2D eigenvalue weighted by Crippen LogP contribution is 2.25. The summed E-state index contributed by atoms with van der Waals surface area (Å²) >= 11 is 5.12. The van der Waals surface area contributed by atoms with Crippen molar-refractivity contribution in [3.05, 3.63) is 39.8 Å². The number of hydrogen-bond donors (Lipinski definition) is 1. The van der Waals surface area contributed by atoms with E-state index < -0.39 is 0 Å². The van der Waals surface area contributed by atoms with Crippen LogP contribution in [-0.2, 0) is 6.42 Å². The molecule has 16 heavy (non-hydrogen) atoms. The average Bonchev–Trinajstić information content (AvgIpc) is 2.76. The molecule has 1 aromatic heterocycles. The van der Waals surface area contributed by atoms with Crippen molar-refractivity contribution in [2.24, 2.45) is 5.73 Å². The molecule has 0 saturated heterocycles. The molecule has 0 aliphatic rings. The zero-order chi connectivity index (χ0) is 11.4. The minimum Gasteiger partial charge on any atom is -0.330 e. The predicted octanol–water partition coefficient (Wildman–Crippen LogP) is 3.46. The number of rotatable bonds is 4. The third-order valence-electron chi connectivity index (χ3n) is 2.28. The van der Waals surface area contributed by atoms with E-state index >= 15 is 0 Å². The van der Waals surface area contributed by atoms with E-state index in [2.05, 4.69) is 38.4 Å². The first-order valence-electron chi connectivity index (χ1n) is 5.20. The summed E-state index contributed by atoms with van der Waals surface area (Å²) in [4.78, 5) is 4.60. The third kappa shape index (κ3) is 2.90. The molecule has 0 radical (unpaired) electrons. The van der Waals surface area contributed by atoms with Crippen molar-refractivity contribution in [2.45, 2.75) is 12.8 Å². The second-order valence-electron chi connectivity index (χ2n) is 3.54. The fourth-order valence-electron chi connectivity index (χ4n) is 1.43. The molecule has 2 nitrogen and oxygen atoms in total. The lowest BCUT2D eigenvalue weighted by molar-refractivity contribution is 0.816. The topological polar surface area (TPSA) is 38.9 Å². The van der Waals surface area contributed by atoms with Crippen LogP contribution >= 0.6 is 27.3 Å². The Labute approximate surface area is 108 Å². The summed E-state index contributed by atoms with van der Waals surface area (Å²) < 4.78 is 1.09. The number of halogens is 1. The second kappa shape index (κ2) is 5.57. The Balaban J connectivity index is 2.15. The highest BCUT2D eigenvalue weighted by atomic mass is 79.9. The smallest absolute Gasteiger partial charge is 0.123 e. The molecule has 0 aliphatic heterocycles. The zero-order valence-corrected chi connectivity index (χ0v) is 11.2. The maximum absolute atomic E-state index is 5.48. The molecule has 1 heterocycles. The minimum atomic E-state index is 0.727. The Hall–Kier alpha value is -0.710. The van der Waals surface area contributed by atoms with Gasteiger partial charge in [-0.15, -0.1) is 11.3 Å². The van der Waals surface area contributed by atoms with Crippen molar-refractivity contribution >= 4 is 27.3 Å². The van der Waals surface area contributed by atoms with Crippen LogP contribution in [0.3, 0.4) is 0 Å². The molecule has 1 aromatic carbocycles. The van der Waals surface area contributed by atoms with Crippen LogP contribution in [0, 0.1) is 0 Å². The summed E-state index contributed by atoms with van der Waals surface area (Å²) in [5, 5.41) is 3.20. The summed E-state index contributed by atoms with van der Waals surface area (Å²) in [6.45, 7) is 0.727. The van der Waals surface area contributed by atoms with Gasteiger partial charge in [-0.05, 0) is 31.5 Å². The van der Waals surface area contributed by atoms with Gasteiger partial charge in [0.05, 0.1) is 5.69 Å². The molecule has 0 aliphatic carbocycles. The van der Waals surface area contributed by atoms with Gasteiger partial charge in [-0.25, -0.2) is 4.98 Å². The van der Waals surface area contributed by atoms with E-state index in [-0.39, 0.29) is 0 Å². The lowest BCUT2D eigenvalue weighted by atomic mass is 10.2. The first-order chi connectivity index (χ1) is 7.79. The van der Waals surface area contributed by atoms with Crippen molar-refractivity contribution in [2.75, 3.05) is 6.54 Å². The van der Waals surface area contributed by atoms with Crippen LogP contribution in [0.5, 0.6) is 0 Å². The van der Waals surface area contributed by atoms with Crippen LogP contribution in [0.4, 0.5) is 0 Å². The molecule has 0 atom stereocenters. The second-order valence-corrected chi connectivity index (χ2v) is 5.32. The molecule has 2 rings (SSSR count). The van der Waals surface area contributed by atoms with E-state index in [4.69, 9.17) is 5.73 Å². The Bertz CT molecular complexity index is 450.